The second kappa shape index (κ2) is 11.6. The molecule has 1 aromatic heterocycles. The van der Waals surface area contributed by atoms with Gasteiger partial charge < -0.3 is 19.3 Å². The lowest BCUT2D eigenvalue weighted by atomic mass is 10.00. The van der Waals surface area contributed by atoms with Crippen LogP contribution in [0, 0.1) is 13.8 Å². The highest BCUT2D eigenvalue weighted by molar-refractivity contribution is 7.10. The lowest BCUT2D eigenvalue weighted by molar-refractivity contribution is -0.135. The molecular formula is C29H34N2O4S. The molecule has 2 amide bonds. The van der Waals surface area contributed by atoms with E-state index in [-0.39, 0.29) is 24.4 Å². The summed E-state index contributed by atoms with van der Waals surface area (Å²) in [6.45, 7) is 7.62. The minimum absolute atomic E-state index is 0.0312. The molecule has 0 saturated heterocycles. The number of carbonyl (C=O) groups is 2. The van der Waals surface area contributed by atoms with Crippen molar-refractivity contribution in [2.24, 2.45) is 0 Å². The Morgan fingerprint density at radius 1 is 1.14 bits per heavy atom. The van der Waals surface area contributed by atoms with Crippen molar-refractivity contribution in [2.45, 2.75) is 39.7 Å². The molecule has 190 valence electrons. The summed E-state index contributed by atoms with van der Waals surface area (Å²) in [4.78, 5) is 31.8. The van der Waals surface area contributed by atoms with Crippen LogP contribution in [0.15, 0.2) is 53.9 Å². The maximum atomic E-state index is 13.7. The first kappa shape index (κ1) is 25.8. The van der Waals surface area contributed by atoms with E-state index in [1.807, 2.05) is 30.9 Å². The number of fused-ring (bicyclic) bond motifs is 1. The molecule has 7 heteroatoms. The maximum absolute atomic E-state index is 13.7. The third-order valence-electron chi connectivity index (χ3n) is 6.57. The molecule has 1 aliphatic heterocycles. The molecule has 1 atom stereocenters. The molecule has 36 heavy (non-hydrogen) atoms. The average molecular weight is 507 g/mol. The molecule has 0 N–H and O–H groups in total. The number of methoxy groups -OCH3 is 1. The summed E-state index contributed by atoms with van der Waals surface area (Å²) in [5.41, 5.74) is 3.92. The van der Waals surface area contributed by atoms with E-state index in [0.29, 0.717) is 31.0 Å². The second-order valence-corrected chi connectivity index (χ2v) is 10.2. The van der Waals surface area contributed by atoms with E-state index < -0.39 is 0 Å². The normalized spacial score (nSPS) is 14.8. The number of hydrogen-bond donors (Lipinski definition) is 0. The molecule has 4 rings (SSSR count). The van der Waals surface area contributed by atoms with Crippen LogP contribution >= 0.6 is 11.3 Å². The highest BCUT2D eigenvalue weighted by Gasteiger charge is 2.33. The number of amides is 2. The minimum Gasteiger partial charge on any atom is -0.497 e. The van der Waals surface area contributed by atoms with Crippen LogP contribution in [-0.2, 0) is 11.2 Å². The third-order valence-corrected chi connectivity index (χ3v) is 7.56. The molecule has 3 aromatic rings. The van der Waals surface area contributed by atoms with Gasteiger partial charge in [-0.15, -0.1) is 11.3 Å². The summed E-state index contributed by atoms with van der Waals surface area (Å²) in [6.07, 6.45) is 1.58. The van der Waals surface area contributed by atoms with Gasteiger partial charge in [0.25, 0.3) is 5.91 Å². The first-order valence-electron chi connectivity index (χ1n) is 12.4. The van der Waals surface area contributed by atoms with E-state index in [2.05, 4.69) is 24.4 Å². The zero-order valence-corrected chi connectivity index (χ0v) is 22.3. The highest BCUT2D eigenvalue weighted by atomic mass is 32.1. The number of nitrogens with zero attached hydrogens (tertiary/aromatic N) is 2. The van der Waals surface area contributed by atoms with Crippen LogP contribution in [0.1, 0.15) is 51.3 Å². The van der Waals surface area contributed by atoms with Crippen LogP contribution in [0.4, 0.5) is 0 Å². The van der Waals surface area contributed by atoms with Gasteiger partial charge in [0.15, 0.2) is 0 Å². The van der Waals surface area contributed by atoms with E-state index in [1.165, 1.54) is 10.4 Å². The first-order valence-corrected chi connectivity index (χ1v) is 13.3. The van der Waals surface area contributed by atoms with Crippen LogP contribution in [0.25, 0.3) is 0 Å². The Morgan fingerprint density at radius 3 is 2.72 bits per heavy atom. The van der Waals surface area contributed by atoms with E-state index in [1.54, 1.807) is 47.6 Å². The molecule has 1 aliphatic rings. The molecule has 0 spiro atoms. The fourth-order valence-corrected chi connectivity index (χ4v) is 5.65. The lowest BCUT2D eigenvalue weighted by Crippen LogP contribution is -2.48. The van der Waals surface area contributed by atoms with Crippen molar-refractivity contribution >= 4 is 23.2 Å². The Labute approximate surface area is 217 Å². The molecule has 0 radical (unpaired) electrons. The molecule has 0 saturated carbocycles. The number of benzene rings is 2. The zero-order valence-electron chi connectivity index (χ0n) is 21.5. The monoisotopic (exact) mass is 506 g/mol. The van der Waals surface area contributed by atoms with Gasteiger partial charge in [-0.25, -0.2) is 0 Å². The number of ether oxygens (including phenoxy) is 2. The number of hydrogen-bond acceptors (Lipinski definition) is 5. The Balaban J connectivity index is 1.53. The summed E-state index contributed by atoms with van der Waals surface area (Å²) in [5.74, 6) is 1.22. The van der Waals surface area contributed by atoms with Crippen LogP contribution in [-0.4, -0.2) is 55.0 Å². The van der Waals surface area contributed by atoms with Crippen LogP contribution in [0.3, 0.4) is 0 Å². The summed E-state index contributed by atoms with van der Waals surface area (Å²) >= 11 is 1.73. The Bertz CT molecular complexity index is 1220. The van der Waals surface area contributed by atoms with E-state index in [4.69, 9.17) is 9.47 Å². The van der Waals surface area contributed by atoms with Crippen molar-refractivity contribution in [1.82, 2.24) is 9.80 Å². The van der Waals surface area contributed by atoms with Crippen molar-refractivity contribution in [3.05, 3.63) is 81.0 Å². The highest BCUT2D eigenvalue weighted by Crippen LogP contribution is 2.34. The van der Waals surface area contributed by atoms with Crippen molar-refractivity contribution in [3.63, 3.8) is 0 Å². The standard InChI is InChI=1S/C29H34N2O4S/c1-5-13-30(29(33)22-7-6-8-23(17-22)34-4)18-28(32)31-14-11-27-24(12-15-36-27)25(31)19-35-26-10-9-20(2)16-21(26)3/h6-10,12,15-17,25H,5,11,13-14,18-19H2,1-4H3. The fraction of sp³-hybridized carbons (Fsp3) is 0.379. The summed E-state index contributed by atoms with van der Waals surface area (Å²) in [5, 5.41) is 2.08. The van der Waals surface area contributed by atoms with Gasteiger partial charge in [-0.05, 0) is 73.5 Å². The van der Waals surface area contributed by atoms with Crippen molar-refractivity contribution in [1.29, 1.82) is 0 Å². The molecule has 6 nitrogen and oxygen atoms in total. The minimum atomic E-state index is -0.191. The van der Waals surface area contributed by atoms with Crippen molar-refractivity contribution < 1.29 is 19.1 Å². The largest absolute Gasteiger partial charge is 0.497 e. The van der Waals surface area contributed by atoms with E-state index in [0.717, 1.165) is 29.7 Å². The number of rotatable bonds is 9. The molecule has 0 bridgehead atoms. The Morgan fingerprint density at radius 2 is 1.97 bits per heavy atom. The lowest BCUT2D eigenvalue weighted by Gasteiger charge is -2.37. The predicted octanol–water partition coefficient (Wildman–Crippen LogP) is 5.43. The topological polar surface area (TPSA) is 59.1 Å². The predicted molar refractivity (Wildman–Crippen MR) is 143 cm³/mol. The molecular weight excluding hydrogens is 472 g/mol. The van der Waals surface area contributed by atoms with Gasteiger partial charge in [-0.3, -0.25) is 9.59 Å². The van der Waals surface area contributed by atoms with Gasteiger partial charge in [0, 0.05) is 23.5 Å². The molecule has 2 heterocycles. The van der Waals surface area contributed by atoms with Crippen LogP contribution < -0.4 is 9.47 Å². The van der Waals surface area contributed by atoms with E-state index >= 15 is 0 Å². The van der Waals surface area contributed by atoms with Gasteiger partial charge in [0.2, 0.25) is 5.91 Å². The quantitative estimate of drug-likeness (QED) is 0.388. The Kier molecular flexibility index (Phi) is 8.31. The van der Waals surface area contributed by atoms with Crippen LogP contribution in [0.2, 0.25) is 0 Å². The first-order chi connectivity index (χ1) is 17.4. The van der Waals surface area contributed by atoms with Gasteiger partial charge in [-0.1, -0.05) is 30.7 Å². The maximum Gasteiger partial charge on any atom is 0.254 e. The molecule has 0 fully saturated rings. The smallest absolute Gasteiger partial charge is 0.254 e. The van der Waals surface area contributed by atoms with E-state index in [9.17, 15) is 9.59 Å². The summed E-state index contributed by atoms with van der Waals surface area (Å²) in [7, 11) is 1.58. The van der Waals surface area contributed by atoms with Crippen molar-refractivity contribution in [3.8, 4) is 11.5 Å². The van der Waals surface area contributed by atoms with Gasteiger partial charge >= 0.3 is 0 Å². The van der Waals surface area contributed by atoms with Gasteiger partial charge in [0.1, 0.15) is 24.7 Å². The zero-order chi connectivity index (χ0) is 25.7. The SMILES string of the molecule is CCCN(CC(=O)N1CCc2sccc2C1COc1ccc(C)cc1C)C(=O)c1cccc(OC)c1. The number of carbonyl (C=O) groups excluding carboxylic acids is 2. The third kappa shape index (κ3) is 5.73. The average Bonchev–Trinajstić information content (AvgIpc) is 3.36. The van der Waals surface area contributed by atoms with Crippen LogP contribution in [0.5, 0.6) is 11.5 Å². The van der Waals surface area contributed by atoms with Crippen molar-refractivity contribution in [2.75, 3.05) is 33.4 Å². The Hall–Kier alpha value is -3.32. The molecule has 1 unspecified atom stereocenters. The van der Waals surface area contributed by atoms with Gasteiger partial charge in [-0.2, -0.15) is 0 Å². The molecule has 2 aromatic carbocycles. The second-order valence-electron chi connectivity index (χ2n) is 9.19. The fourth-order valence-electron chi connectivity index (χ4n) is 4.72. The number of thiophene rings is 1. The summed E-state index contributed by atoms with van der Waals surface area (Å²) in [6, 6.07) is 15.1. The molecule has 0 aliphatic carbocycles. The summed E-state index contributed by atoms with van der Waals surface area (Å²) < 4.78 is 11.5. The van der Waals surface area contributed by atoms with Gasteiger partial charge in [0.05, 0.1) is 13.2 Å². The number of aryl methyl sites for hydroxylation is 2.